The highest BCUT2D eigenvalue weighted by atomic mass is 16.2. The fourth-order valence-electron chi connectivity index (χ4n) is 3.80. The minimum absolute atomic E-state index is 0.00498. The molecule has 0 radical (unpaired) electrons. The standard InChI is InChI=1S/C20H29N3O2/c24-19-11-5-4-10-18(23(19)16-17-8-2-1-3-9-17)20(25)21-12-15-22-13-6-7-14-22/h1-3,8-9,18H,4-7,10-16H2,(H,21,25). The van der Waals surface area contributed by atoms with Crippen molar-refractivity contribution < 1.29 is 9.59 Å². The zero-order valence-electron chi connectivity index (χ0n) is 15.0. The molecule has 2 aliphatic heterocycles. The van der Waals surface area contributed by atoms with Crippen molar-refractivity contribution in [3.05, 3.63) is 35.9 Å². The summed E-state index contributed by atoms with van der Waals surface area (Å²) in [6, 6.07) is 9.61. The summed E-state index contributed by atoms with van der Waals surface area (Å²) in [5.74, 6) is 0.103. The molecule has 25 heavy (non-hydrogen) atoms. The van der Waals surface area contributed by atoms with Gasteiger partial charge in [-0.15, -0.1) is 0 Å². The first-order chi connectivity index (χ1) is 12.2. The summed E-state index contributed by atoms with van der Waals surface area (Å²) >= 11 is 0. The normalized spacial score (nSPS) is 22.0. The number of carbonyl (C=O) groups excluding carboxylic acids is 2. The van der Waals surface area contributed by atoms with E-state index >= 15 is 0 Å². The Morgan fingerprint density at radius 1 is 1.08 bits per heavy atom. The first-order valence-corrected chi connectivity index (χ1v) is 9.57. The van der Waals surface area contributed by atoms with Crippen molar-refractivity contribution >= 4 is 11.8 Å². The van der Waals surface area contributed by atoms with Gasteiger partial charge >= 0.3 is 0 Å². The van der Waals surface area contributed by atoms with Crippen LogP contribution < -0.4 is 5.32 Å². The average Bonchev–Trinajstić information content (AvgIpc) is 3.07. The molecule has 5 nitrogen and oxygen atoms in total. The highest BCUT2D eigenvalue weighted by Crippen LogP contribution is 2.20. The Bertz CT molecular complexity index is 570. The number of rotatable bonds is 6. The van der Waals surface area contributed by atoms with Crippen LogP contribution in [0, 0.1) is 0 Å². The molecule has 2 fully saturated rings. The predicted octanol–water partition coefficient (Wildman–Crippen LogP) is 2.17. The van der Waals surface area contributed by atoms with E-state index in [1.165, 1.54) is 12.8 Å². The first-order valence-electron chi connectivity index (χ1n) is 9.57. The van der Waals surface area contributed by atoms with Crippen molar-refractivity contribution in [2.75, 3.05) is 26.2 Å². The zero-order valence-corrected chi connectivity index (χ0v) is 15.0. The topological polar surface area (TPSA) is 52.7 Å². The van der Waals surface area contributed by atoms with Crippen molar-refractivity contribution in [3.63, 3.8) is 0 Å². The molecule has 2 aliphatic rings. The molecule has 0 saturated carbocycles. The van der Waals surface area contributed by atoms with Gasteiger partial charge < -0.3 is 15.1 Å². The number of amides is 2. The second kappa shape index (κ2) is 8.99. The molecule has 1 atom stereocenters. The number of nitrogens with zero attached hydrogens (tertiary/aromatic N) is 2. The fourth-order valence-corrected chi connectivity index (χ4v) is 3.80. The maximum atomic E-state index is 12.7. The Morgan fingerprint density at radius 2 is 1.84 bits per heavy atom. The van der Waals surface area contributed by atoms with Crippen LogP contribution in [0.15, 0.2) is 30.3 Å². The van der Waals surface area contributed by atoms with E-state index in [2.05, 4.69) is 10.2 Å². The summed E-state index contributed by atoms with van der Waals surface area (Å²) in [6.45, 7) is 4.37. The SMILES string of the molecule is O=C(NCCN1CCCC1)C1CCCCC(=O)N1Cc1ccccc1. The van der Waals surface area contributed by atoms with Gasteiger partial charge in [0.15, 0.2) is 0 Å². The van der Waals surface area contributed by atoms with Crippen LogP contribution in [0.1, 0.15) is 44.1 Å². The second-order valence-corrected chi connectivity index (χ2v) is 7.11. The number of nitrogens with one attached hydrogen (secondary N) is 1. The van der Waals surface area contributed by atoms with Gasteiger partial charge in [-0.05, 0) is 44.3 Å². The van der Waals surface area contributed by atoms with Crippen LogP contribution in [0.4, 0.5) is 0 Å². The predicted molar refractivity (Wildman–Crippen MR) is 97.9 cm³/mol. The molecule has 2 heterocycles. The van der Waals surface area contributed by atoms with E-state index in [0.29, 0.717) is 19.5 Å². The highest BCUT2D eigenvalue weighted by molar-refractivity contribution is 5.88. The van der Waals surface area contributed by atoms with E-state index in [-0.39, 0.29) is 17.9 Å². The van der Waals surface area contributed by atoms with Crippen molar-refractivity contribution in [1.82, 2.24) is 15.1 Å². The molecular formula is C20H29N3O2. The number of hydrogen-bond donors (Lipinski definition) is 1. The van der Waals surface area contributed by atoms with Crippen molar-refractivity contribution in [2.24, 2.45) is 0 Å². The van der Waals surface area contributed by atoms with E-state index < -0.39 is 0 Å². The van der Waals surface area contributed by atoms with Gasteiger partial charge in [-0.3, -0.25) is 9.59 Å². The molecule has 0 bridgehead atoms. The van der Waals surface area contributed by atoms with Crippen LogP contribution >= 0.6 is 0 Å². The van der Waals surface area contributed by atoms with E-state index in [1.54, 1.807) is 4.90 Å². The lowest BCUT2D eigenvalue weighted by Crippen LogP contribution is -2.49. The molecule has 1 unspecified atom stereocenters. The molecule has 0 aromatic heterocycles. The minimum atomic E-state index is -0.339. The van der Waals surface area contributed by atoms with Gasteiger partial charge in [-0.2, -0.15) is 0 Å². The smallest absolute Gasteiger partial charge is 0.242 e. The molecule has 136 valence electrons. The largest absolute Gasteiger partial charge is 0.353 e. The third-order valence-electron chi connectivity index (χ3n) is 5.24. The average molecular weight is 343 g/mol. The third-order valence-corrected chi connectivity index (χ3v) is 5.24. The molecule has 5 heteroatoms. The van der Waals surface area contributed by atoms with Crippen LogP contribution in [-0.2, 0) is 16.1 Å². The number of benzene rings is 1. The van der Waals surface area contributed by atoms with Gasteiger partial charge in [0.05, 0.1) is 0 Å². The van der Waals surface area contributed by atoms with Crippen LogP contribution in [0.25, 0.3) is 0 Å². The Balaban J connectivity index is 1.60. The van der Waals surface area contributed by atoms with Gasteiger partial charge in [-0.1, -0.05) is 36.8 Å². The molecule has 2 amide bonds. The highest BCUT2D eigenvalue weighted by Gasteiger charge is 2.31. The van der Waals surface area contributed by atoms with Crippen LogP contribution in [-0.4, -0.2) is 53.8 Å². The zero-order chi connectivity index (χ0) is 17.5. The van der Waals surface area contributed by atoms with Gasteiger partial charge in [-0.25, -0.2) is 0 Å². The molecule has 0 spiro atoms. The van der Waals surface area contributed by atoms with Gasteiger partial charge in [0.1, 0.15) is 6.04 Å². The van der Waals surface area contributed by atoms with E-state index in [9.17, 15) is 9.59 Å². The molecule has 1 aromatic carbocycles. The lowest BCUT2D eigenvalue weighted by atomic mass is 10.1. The molecule has 3 rings (SSSR count). The quantitative estimate of drug-likeness (QED) is 0.861. The number of carbonyl (C=O) groups is 2. The van der Waals surface area contributed by atoms with E-state index in [0.717, 1.165) is 44.5 Å². The Morgan fingerprint density at radius 3 is 2.60 bits per heavy atom. The summed E-state index contributed by atoms with van der Waals surface area (Å²) in [7, 11) is 0. The monoisotopic (exact) mass is 343 g/mol. The Hall–Kier alpha value is -1.88. The molecule has 0 aliphatic carbocycles. The molecule has 2 saturated heterocycles. The van der Waals surface area contributed by atoms with Crippen molar-refractivity contribution in [3.8, 4) is 0 Å². The third kappa shape index (κ3) is 5.05. The van der Waals surface area contributed by atoms with Crippen LogP contribution in [0.2, 0.25) is 0 Å². The Kier molecular flexibility index (Phi) is 6.45. The van der Waals surface area contributed by atoms with E-state index in [1.807, 2.05) is 30.3 Å². The van der Waals surface area contributed by atoms with Crippen LogP contribution in [0.5, 0.6) is 0 Å². The maximum Gasteiger partial charge on any atom is 0.242 e. The van der Waals surface area contributed by atoms with Crippen LogP contribution in [0.3, 0.4) is 0 Å². The number of likely N-dealkylation sites (tertiary alicyclic amines) is 2. The van der Waals surface area contributed by atoms with Gasteiger partial charge in [0, 0.05) is 26.1 Å². The molecular weight excluding hydrogens is 314 g/mol. The van der Waals surface area contributed by atoms with Gasteiger partial charge in [0.2, 0.25) is 11.8 Å². The van der Waals surface area contributed by atoms with E-state index in [4.69, 9.17) is 0 Å². The molecule has 1 N–H and O–H groups in total. The maximum absolute atomic E-state index is 12.7. The summed E-state index contributed by atoms with van der Waals surface area (Å²) in [4.78, 5) is 29.5. The first kappa shape index (κ1) is 17.9. The number of hydrogen-bond acceptors (Lipinski definition) is 3. The van der Waals surface area contributed by atoms with Gasteiger partial charge in [0.25, 0.3) is 0 Å². The Labute approximate surface area is 150 Å². The second-order valence-electron chi connectivity index (χ2n) is 7.11. The summed E-state index contributed by atoms with van der Waals surface area (Å²) < 4.78 is 0. The summed E-state index contributed by atoms with van der Waals surface area (Å²) in [6.07, 6.45) is 5.63. The van der Waals surface area contributed by atoms with Crippen molar-refractivity contribution in [2.45, 2.75) is 51.1 Å². The summed E-state index contributed by atoms with van der Waals surface area (Å²) in [5.41, 5.74) is 1.08. The molecule has 1 aromatic rings. The van der Waals surface area contributed by atoms with Crippen molar-refractivity contribution in [1.29, 1.82) is 0 Å². The fraction of sp³-hybridized carbons (Fsp3) is 0.600. The summed E-state index contributed by atoms with van der Waals surface area (Å²) in [5, 5.41) is 3.07. The minimum Gasteiger partial charge on any atom is -0.353 e. The lowest BCUT2D eigenvalue weighted by molar-refractivity contribution is -0.140. The lowest BCUT2D eigenvalue weighted by Gasteiger charge is -2.29.